The fourth-order valence-electron chi connectivity index (χ4n) is 11.9. The molecule has 1 spiro atoms. The lowest BCUT2D eigenvalue weighted by Gasteiger charge is -2.47. The first-order valence-electron chi connectivity index (χ1n) is 25.2. The molecule has 2 saturated carbocycles. The van der Waals surface area contributed by atoms with Gasteiger partial charge in [0.2, 0.25) is 11.8 Å². The third-order valence-electron chi connectivity index (χ3n) is 16.1. The summed E-state index contributed by atoms with van der Waals surface area (Å²) in [6.07, 6.45) is 5.43. The first-order valence-corrected chi connectivity index (χ1v) is 25.2. The predicted octanol–water partition coefficient (Wildman–Crippen LogP) is 8.71. The van der Waals surface area contributed by atoms with Gasteiger partial charge in [0.25, 0.3) is 5.91 Å². The molecule has 9 rings (SSSR count). The number of anilines is 3. The fourth-order valence-corrected chi connectivity index (χ4v) is 11.9. The third-order valence-corrected chi connectivity index (χ3v) is 16.1. The van der Waals surface area contributed by atoms with Crippen LogP contribution in [0.2, 0.25) is 0 Å². The van der Waals surface area contributed by atoms with Crippen LogP contribution in [0.25, 0.3) is 10.9 Å². The Bertz CT molecular complexity index is 2650. The number of alkyl halides is 3. The van der Waals surface area contributed by atoms with E-state index in [1.54, 1.807) is 39.2 Å². The zero-order valence-corrected chi connectivity index (χ0v) is 41.2. The van der Waals surface area contributed by atoms with Crippen molar-refractivity contribution in [3.8, 4) is 11.5 Å². The minimum absolute atomic E-state index is 0.0321. The zero-order chi connectivity index (χ0) is 50.2. The number of nitrogens with zero attached hydrogens (tertiary/aromatic N) is 6. The summed E-state index contributed by atoms with van der Waals surface area (Å²) in [4.78, 5) is 69.4. The maximum Gasteiger partial charge on any atom is 0.416 e. The van der Waals surface area contributed by atoms with E-state index in [1.807, 2.05) is 17.0 Å². The van der Waals surface area contributed by atoms with Gasteiger partial charge in [0.05, 0.1) is 37.0 Å². The Morgan fingerprint density at radius 2 is 1.55 bits per heavy atom. The van der Waals surface area contributed by atoms with Crippen LogP contribution in [0.15, 0.2) is 48.5 Å². The molecule has 3 saturated heterocycles. The van der Waals surface area contributed by atoms with Crippen LogP contribution in [-0.2, 0) is 15.8 Å². The molecule has 18 heteroatoms. The molecule has 5 aliphatic rings. The van der Waals surface area contributed by atoms with E-state index < -0.39 is 23.8 Å². The highest BCUT2D eigenvalue weighted by Crippen LogP contribution is 2.47. The molecule has 4 aromatic rings. The number of nitrogens with two attached hydrogens (primary N) is 1. The second-order valence-corrected chi connectivity index (χ2v) is 20.5. The molecule has 15 nitrogen and oxygen atoms in total. The summed E-state index contributed by atoms with van der Waals surface area (Å²) in [5, 5.41) is 6.42. The Morgan fingerprint density at radius 3 is 2.21 bits per heavy atom. The molecule has 3 aromatic carbocycles. The lowest BCUT2D eigenvalue weighted by molar-refractivity contribution is -0.139. The van der Waals surface area contributed by atoms with Gasteiger partial charge >= 0.3 is 12.2 Å². The van der Waals surface area contributed by atoms with Crippen LogP contribution in [0.1, 0.15) is 122 Å². The van der Waals surface area contributed by atoms with Crippen LogP contribution in [0.3, 0.4) is 0 Å². The van der Waals surface area contributed by atoms with E-state index >= 15 is 0 Å². The monoisotopic (exact) mass is 982 g/mol. The summed E-state index contributed by atoms with van der Waals surface area (Å²) in [5.41, 5.74) is 8.40. The number of aryl methyl sites for hydroxylation is 1. The van der Waals surface area contributed by atoms with Gasteiger partial charge < -0.3 is 30.3 Å². The number of rotatable bonds is 11. The van der Waals surface area contributed by atoms with E-state index in [1.165, 1.54) is 30.9 Å². The molecular weight excluding hydrogens is 916 g/mol. The number of nitrogen functional groups attached to an aromatic ring is 1. The van der Waals surface area contributed by atoms with E-state index in [0.717, 1.165) is 107 Å². The average Bonchev–Trinajstić information content (AvgIpc) is 3.36. The Hall–Kier alpha value is -6.17. The number of ether oxygens (including phenoxy) is 2. The maximum atomic E-state index is 14.0. The molecule has 4 heterocycles. The van der Waals surface area contributed by atoms with Crippen LogP contribution in [0.4, 0.5) is 35.2 Å². The number of nitrogens with one attached hydrogen (secondary N) is 2. The number of piperidine rings is 1. The molecule has 3 aliphatic heterocycles. The first-order chi connectivity index (χ1) is 34.0. The summed E-state index contributed by atoms with van der Waals surface area (Å²) in [5.74, 6) is 2.79. The van der Waals surface area contributed by atoms with E-state index in [2.05, 4.69) is 30.4 Å². The number of methoxy groups -OCH3 is 2. The average molecular weight is 982 g/mol. The number of carbonyl (C=O) groups is 4. The number of amides is 5. The molecule has 380 valence electrons. The summed E-state index contributed by atoms with van der Waals surface area (Å²) in [6.45, 7) is 9.43. The molecule has 0 unspecified atom stereocenters. The number of hydrogen-bond donors (Lipinski definition) is 3. The molecule has 0 radical (unpaired) electrons. The van der Waals surface area contributed by atoms with Crippen molar-refractivity contribution in [2.75, 3.05) is 82.5 Å². The molecular formula is C53H66F3N9O6. The van der Waals surface area contributed by atoms with Crippen LogP contribution in [0.5, 0.6) is 11.5 Å². The van der Waals surface area contributed by atoms with E-state index in [4.69, 9.17) is 15.2 Å². The highest BCUT2D eigenvalue weighted by molar-refractivity contribution is 6.07. The van der Waals surface area contributed by atoms with Crippen molar-refractivity contribution < 1.29 is 41.8 Å². The van der Waals surface area contributed by atoms with Crippen LogP contribution >= 0.6 is 0 Å². The first kappa shape index (κ1) is 49.8. The second kappa shape index (κ2) is 20.5. The van der Waals surface area contributed by atoms with Gasteiger partial charge in [-0.05, 0) is 149 Å². The van der Waals surface area contributed by atoms with Crippen LogP contribution in [0, 0.1) is 24.2 Å². The van der Waals surface area contributed by atoms with E-state index in [-0.39, 0.29) is 53.6 Å². The summed E-state index contributed by atoms with van der Waals surface area (Å²) in [7, 11) is 3.16. The molecule has 5 amide bonds. The largest absolute Gasteiger partial charge is 0.496 e. The molecule has 4 N–H and O–H groups in total. The Morgan fingerprint density at radius 1 is 0.845 bits per heavy atom. The van der Waals surface area contributed by atoms with Gasteiger partial charge in [0.15, 0.2) is 0 Å². The lowest BCUT2D eigenvalue weighted by Crippen LogP contribution is -2.52. The number of halogens is 3. The van der Waals surface area contributed by atoms with Crippen molar-refractivity contribution >= 4 is 51.8 Å². The van der Waals surface area contributed by atoms with Gasteiger partial charge in [0, 0.05) is 87.4 Å². The van der Waals surface area contributed by atoms with Gasteiger partial charge in [-0.1, -0.05) is 0 Å². The standard InChI is InChI=1S/C53H66F3N9O6/c1-32(38-25-39(53(54,55)56)28-40(57)26-38)58-48-42-29-41(46(71-4)30-43(42)59-33(2)60-48)35-5-7-36(8-6-35)49(67)64-23-21-62(22-24-64)31-34-11-14-52(15-12-34)16-19-63(20-17-52)50(68)37-9-10-45(70-3)44(27-37)65-18-13-47(66)61-51(65)69/h9-10,25-30,32,34-36H,5-8,11-24,31,57H2,1-4H3,(H,58,59,60)(H,61,66,69)/t32-,35-,36-/m1/s1. The minimum atomic E-state index is -4.53. The molecule has 1 atom stereocenters. The lowest BCUT2D eigenvalue weighted by atomic mass is 9.65. The second-order valence-electron chi connectivity index (χ2n) is 20.5. The van der Waals surface area contributed by atoms with Crippen molar-refractivity contribution in [3.63, 3.8) is 0 Å². The summed E-state index contributed by atoms with van der Waals surface area (Å²) < 4.78 is 52.3. The highest BCUT2D eigenvalue weighted by Gasteiger charge is 2.41. The topological polar surface area (TPSA) is 176 Å². The summed E-state index contributed by atoms with van der Waals surface area (Å²) >= 11 is 0. The molecule has 5 fully saturated rings. The van der Waals surface area contributed by atoms with Gasteiger partial charge in [-0.2, -0.15) is 13.2 Å². The fraction of sp³-hybridized carbons (Fsp3) is 0.547. The van der Waals surface area contributed by atoms with Crippen LogP contribution in [-0.4, -0.2) is 115 Å². The van der Waals surface area contributed by atoms with Crippen molar-refractivity contribution in [2.45, 2.75) is 103 Å². The Labute approximate surface area is 413 Å². The smallest absolute Gasteiger partial charge is 0.416 e. The number of benzene rings is 3. The quantitative estimate of drug-likeness (QED) is 0.123. The van der Waals surface area contributed by atoms with Gasteiger partial charge in [-0.3, -0.25) is 29.5 Å². The maximum absolute atomic E-state index is 14.0. The molecule has 2 aliphatic carbocycles. The third kappa shape index (κ3) is 10.9. The number of piperazine rings is 1. The van der Waals surface area contributed by atoms with Crippen molar-refractivity contribution in [2.24, 2.45) is 17.3 Å². The number of imide groups is 1. The minimum Gasteiger partial charge on any atom is -0.496 e. The van der Waals surface area contributed by atoms with Gasteiger partial charge in [-0.25, -0.2) is 14.8 Å². The Kier molecular flexibility index (Phi) is 14.4. The normalized spacial score (nSPS) is 21.8. The SMILES string of the molecule is COc1ccc(C(=O)N2CCC3(CCC(CN4CCN(C(=O)[C@H]5CC[C@H](c6cc7c(N[C@H](C)c8cc(N)cc(C(F)(F)F)c8)nc(C)nc7cc6OC)CC5)CC4)CC3)CC2)cc1N1CCC(=O)NC1=O. The molecule has 71 heavy (non-hydrogen) atoms. The van der Waals surface area contributed by atoms with E-state index in [0.29, 0.717) is 64.5 Å². The van der Waals surface area contributed by atoms with Crippen molar-refractivity contribution in [1.29, 1.82) is 0 Å². The van der Waals surface area contributed by atoms with Gasteiger partial charge in [-0.15, -0.1) is 0 Å². The van der Waals surface area contributed by atoms with Crippen molar-refractivity contribution in [1.82, 2.24) is 30.0 Å². The van der Waals surface area contributed by atoms with E-state index in [9.17, 15) is 32.3 Å². The number of carbonyl (C=O) groups excluding carboxylic acids is 4. The highest BCUT2D eigenvalue weighted by atomic mass is 19.4. The van der Waals surface area contributed by atoms with Crippen LogP contribution < -0.4 is 30.7 Å². The number of hydrogen-bond acceptors (Lipinski definition) is 11. The number of aromatic nitrogens is 2. The van der Waals surface area contributed by atoms with Gasteiger partial charge in [0.1, 0.15) is 23.1 Å². The molecule has 0 bridgehead atoms. The predicted molar refractivity (Wildman–Crippen MR) is 264 cm³/mol. The Balaban J connectivity index is 0.736. The zero-order valence-electron chi connectivity index (χ0n) is 41.2. The number of likely N-dealkylation sites (tertiary alicyclic amines) is 1. The summed E-state index contributed by atoms with van der Waals surface area (Å²) in [6, 6.07) is 11.6. The van der Waals surface area contributed by atoms with Crippen molar-refractivity contribution in [3.05, 3.63) is 76.6 Å². The number of urea groups is 1. The number of fused-ring (bicyclic) bond motifs is 1. The molecule has 1 aromatic heterocycles.